The summed E-state index contributed by atoms with van der Waals surface area (Å²) in [6.45, 7) is 2.79. The Bertz CT molecular complexity index is 1070. The molecular formula is C25H27BN4O. The van der Waals surface area contributed by atoms with Crippen LogP contribution in [0.2, 0.25) is 0 Å². The van der Waals surface area contributed by atoms with Crippen molar-refractivity contribution >= 4 is 19.3 Å². The summed E-state index contributed by atoms with van der Waals surface area (Å²) in [4.78, 5) is 8.57. The van der Waals surface area contributed by atoms with Crippen LogP contribution in [-0.4, -0.2) is 37.6 Å². The van der Waals surface area contributed by atoms with Crippen molar-refractivity contribution < 1.29 is 4.74 Å². The largest absolute Gasteiger partial charge is 0.383 e. The Morgan fingerprint density at radius 3 is 2.58 bits per heavy atom. The standard InChI is InChI=1S/C25H27BN4O/c26-24-14-18(5-9-29-24)21-13-19(15-30-25(21)27)17-3-4-20(16-6-10-31-11-7-16)22(12-17)23-2-1-8-28-23/h3-5,9,12-16,23,28H,1-2,6-8,10-11H2,(H2,27,30)/t23-/m0/s1. The second kappa shape index (κ2) is 8.81. The molecule has 2 saturated heterocycles. The molecule has 0 spiro atoms. The molecule has 0 unspecified atom stereocenters. The number of rotatable bonds is 4. The van der Waals surface area contributed by atoms with E-state index in [2.05, 4.69) is 39.6 Å². The lowest BCUT2D eigenvalue weighted by Crippen LogP contribution is -2.19. The number of hydrogen-bond donors (Lipinski definition) is 2. The molecular weight excluding hydrogens is 383 g/mol. The molecule has 0 aliphatic carbocycles. The van der Waals surface area contributed by atoms with Gasteiger partial charge in [-0.15, -0.1) is 0 Å². The predicted molar refractivity (Wildman–Crippen MR) is 125 cm³/mol. The van der Waals surface area contributed by atoms with Gasteiger partial charge in [0.1, 0.15) is 13.7 Å². The van der Waals surface area contributed by atoms with Crippen LogP contribution in [0.3, 0.4) is 0 Å². The first-order valence-electron chi connectivity index (χ1n) is 11.1. The minimum Gasteiger partial charge on any atom is -0.383 e. The third-order valence-corrected chi connectivity index (χ3v) is 6.53. The van der Waals surface area contributed by atoms with Gasteiger partial charge in [0.25, 0.3) is 0 Å². The third-order valence-electron chi connectivity index (χ3n) is 6.53. The van der Waals surface area contributed by atoms with Crippen molar-refractivity contribution in [2.24, 2.45) is 0 Å². The van der Waals surface area contributed by atoms with Crippen molar-refractivity contribution in [3.05, 3.63) is 59.9 Å². The number of benzene rings is 1. The lowest BCUT2D eigenvalue weighted by Gasteiger charge is -2.27. The minimum atomic E-state index is 0.416. The highest BCUT2D eigenvalue weighted by atomic mass is 16.5. The molecule has 2 fully saturated rings. The molecule has 2 aliphatic heterocycles. The fraction of sp³-hybridized carbons (Fsp3) is 0.360. The summed E-state index contributed by atoms with van der Waals surface area (Å²) in [5.41, 5.74) is 13.6. The molecule has 6 heteroatoms. The Labute approximate surface area is 184 Å². The molecule has 5 rings (SSSR count). The summed E-state index contributed by atoms with van der Waals surface area (Å²) >= 11 is 0. The molecule has 4 heterocycles. The second-order valence-corrected chi connectivity index (χ2v) is 8.51. The van der Waals surface area contributed by atoms with Gasteiger partial charge in [0, 0.05) is 42.8 Å². The summed E-state index contributed by atoms with van der Waals surface area (Å²) in [7, 11) is 5.88. The summed E-state index contributed by atoms with van der Waals surface area (Å²) < 4.78 is 5.61. The fourth-order valence-corrected chi connectivity index (χ4v) is 4.87. The Balaban J connectivity index is 1.56. The van der Waals surface area contributed by atoms with Crippen LogP contribution >= 0.6 is 0 Å². The first-order chi connectivity index (χ1) is 15.2. The van der Waals surface area contributed by atoms with Crippen LogP contribution in [-0.2, 0) is 4.74 Å². The molecule has 0 bridgehead atoms. The first kappa shape index (κ1) is 20.2. The van der Waals surface area contributed by atoms with E-state index < -0.39 is 0 Å². The number of aromatic nitrogens is 2. The zero-order valence-corrected chi connectivity index (χ0v) is 17.7. The Hall–Kier alpha value is -2.70. The minimum absolute atomic E-state index is 0.416. The number of nitrogen functional groups attached to an aromatic ring is 1. The Morgan fingerprint density at radius 2 is 1.81 bits per heavy atom. The summed E-state index contributed by atoms with van der Waals surface area (Å²) in [5.74, 6) is 1.06. The highest BCUT2D eigenvalue weighted by Gasteiger charge is 2.25. The second-order valence-electron chi connectivity index (χ2n) is 8.51. The summed E-state index contributed by atoms with van der Waals surface area (Å²) in [6, 6.07) is 13.2. The monoisotopic (exact) mass is 410 g/mol. The van der Waals surface area contributed by atoms with Crippen molar-refractivity contribution in [3.63, 3.8) is 0 Å². The zero-order valence-electron chi connectivity index (χ0n) is 17.7. The highest BCUT2D eigenvalue weighted by Crippen LogP contribution is 2.38. The van der Waals surface area contributed by atoms with Crippen LogP contribution in [0.25, 0.3) is 22.3 Å². The molecule has 5 nitrogen and oxygen atoms in total. The van der Waals surface area contributed by atoms with Crippen LogP contribution < -0.4 is 16.6 Å². The van der Waals surface area contributed by atoms with Crippen molar-refractivity contribution in [1.82, 2.24) is 15.3 Å². The lowest BCUT2D eigenvalue weighted by atomic mass is 9.84. The number of nitrogens with one attached hydrogen (secondary N) is 1. The quantitative estimate of drug-likeness (QED) is 0.644. The number of hydrogen-bond acceptors (Lipinski definition) is 5. The molecule has 1 atom stereocenters. The topological polar surface area (TPSA) is 73.1 Å². The van der Waals surface area contributed by atoms with Gasteiger partial charge in [0.15, 0.2) is 0 Å². The van der Waals surface area contributed by atoms with Gasteiger partial charge in [0.2, 0.25) is 0 Å². The normalized spacial score (nSPS) is 19.5. The van der Waals surface area contributed by atoms with E-state index in [1.165, 1.54) is 24.0 Å². The highest BCUT2D eigenvalue weighted by molar-refractivity contribution is 6.30. The molecule has 2 radical (unpaired) electrons. The summed E-state index contributed by atoms with van der Waals surface area (Å²) in [6.07, 6.45) is 8.15. The Morgan fingerprint density at radius 1 is 0.935 bits per heavy atom. The van der Waals surface area contributed by atoms with E-state index in [1.807, 2.05) is 18.3 Å². The van der Waals surface area contributed by atoms with Gasteiger partial charge < -0.3 is 15.8 Å². The molecule has 3 aromatic rings. The SMILES string of the molecule is [B]c1cc(-c2cc(-c3ccc(C4CCOCC4)c([C@@H]4CCCN4)c3)cnc2N)ccn1. The number of ether oxygens (including phenoxy) is 1. The maximum absolute atomic E-state index is 6.21. The number of nitrogens with zero attached hydrogens (tertiary/aromatic N) is 2. The molecule has 0 amide bonds. The van der Waals surface area contributed by atoms with E-state index in [0.717, 1.165) is 54.9 Å². The average molecular weight is 410 g/mol. The smallest absolute Gasteiger partial charge is 0.141 e. The maximum atomic E-state index is 6.21. The van der Waals surface area contributed by atoms with Crippen LogP contribution in [0.5, 0.6) is 0 Å². The number of nitrogens with two attached hydrogens (primary N) is 1. The molecule has 156 valence electrons. The van der Waals surface area contributed by atoms with E-state index in [-0.39, 0.29) is 0 Å². The number of pyridine rings is 2. The lowest BCUT2D eigenvalue weighted by molar-refractivity contribution is 0.0851. The van der Waals surface area contributed by atoms with Crippen molar-refractivity contribution in [2.45, 2.75) is 37.6 Å². The van der Waals surface area contributed by atoms with Crippen molar-refractivity contribution in [1.29, 1.82) is 0 Å². The van der Waals surface area contributed by atoms with Gasteiger partial charge in [-0.25, -0.2) is 4.98 Å². The third kappa shape index (κ3) is 4.23. The zero-order chi connectivity index (χ0) is 21.2. The van der Waals surface area contributed by atoms with Gasteiger partial charge >= 0.3 is 0 Å². The molecule has 1 aromatic carbocycles. The fourth-order valence-electron chi connectivity index (χ4n) is 4.87. The van der Waals surface area contributed by atoms with Gasteiger partial charge in [-0.2, -0.15) is 0 Å². The van der Waals surface area contributed by atoms with Gasteiger partial charge in [0.05, 0.1) is 0 Å². The molecule has 3 N–H and O–H groups in total. The van der Waals surface area contributed by atoms with Gasteiger partial charge in [-0.1, -0.05) is 12.1 Å². The maximum Gasteiger partial charge on any atom is 0.141 e. The van der Waals surface area contributed by atoms with Crippen LogP contribution in [0.4, 0.5) is 5.82 Å². The molecule has 0 saturated carbocycles. The van der Waals surface area contributed by atoms with Crippen molar-refractivity contribution in [2.75, 3.05) is 25.5 Å². The first-order valence-corrected chi connectivity index (χ1v) is 11.1. The van der Waals surface area contributed by atoms with Crippen molar-refractivity contribution in [3.8, 4) is 22.3 Å². The van der Waals surface area contributed by atoms with Crippen LogP contribution in [0.1, 0.15) is 48.8 Å². The molecule has 2 aromatic heterocycles. The predicted octanol–water partition coefficient (Wildman–Crippen LogP) is 3.51. The molecule has 31 heavy (non-hydrogen) atoms. The van der Waals surface area contributed by atoms with Crippen LogP contribution in [0, 0.1) is 0 Å². The molecule has 2 aliphatic rings. The number of anilines is 1. The van der Waals surface area contributed by atoms with E-state index in [9.17, 15) is 0 Å². The van der Waals surface area contributed by atoms with Gasteiger partial charge in [-0.05, 0) is 90.3 Å². The van der Waals surface area contributed by atoms with E-state index in [1.54, 1.807) is 6.20 Å². The Kier molecular flexibility index (Phi) is 5.75. The van der Waals surface area contributed by atoms with Gasteiger partial charge in [-0.3, -0.25) is 4.98 Å². The van der Waals surface area contributed by atoms with Crippen LogP contribution in [0.15, 0.2) is 48.8 Å². The summed E-state index contributed by atoms with van der Waals surface area (Å²) in [5, 5.41) is 3.70. The van der Waals surface area contributed by atoms with E-state index >= 15 is 0 Å². The van der Waals surface area contributed by atoms with E-state index in [4.69, 9.17) is 18.3 Å². The van der Waals surface area contributed by atoms with E-state index in [0.29, 0.717) is 23.4 Å². The average Bonchev–Trinajstić information content (AvgIpc) is 3.35.